The number of imidazole rings is 1. The summed E-state index contributed by atoms with van der Waals surface area (Å²) in [4.78, 5) is 32.7. The standard InChI is InChI=1S/C22H19F3N6O4/c1-13-5-6-14(10-15(13)28-20(32)16-11-26-17-4-2-3-8-31(16)17)19-29-18(35-30-19)12-27-21(33)34-9-7-22(23,24)25/h2-6,8,10-11H,7,9,12H2,1H3,(H,27,33)(H,28,32). The first kappa shape index (κ1) is 23.7. The Morgan fingerprint density at radius 1 is 1.20 bits per heavy atom. The van der Waals surface area contributed by atoms with Crippen LogP contribution in [0.1, 0.15) is 28.4 Å². The van der Waals surface area contributed by atoms with E-state index in [1.807, 2.05) is 13.0 Å². The van der Waals surface area contributed by atoms with Crippen molar-refractivity contribution in [2.24, 2.45) is 0 Å². The lowest BCUT2D eigenvalue weighted by Crippen LogP contribution is -2.25. The Bertz CT molecular complexity index is 1360. The Morgan fingerprint density at radius 2 is 2.03 bits per heavy atom. The number of anilines is 1. The summed E-state index contributed by atoms with van der Waals surface area (Å²) in [5.41, 5.74) is 2.85. The number of nitrogens with one attached hydrogen (secondary N) is 2. The van der Waals surface area contributed by atoms with E-state index in [4.69, 9.17) is 4.52 Å². The molecule has 4 rings (SSSR count). The summed E-state index contributed by atoms with van der Waals surface area (Å²) in [6.45, 7) is 0.794. The Balaban J connectivity index is 1.40. The van der Waals surface area contributed by atoms with E-state index < -0.39 is 25.3 Å². The smallest absolute Gasteiger partial charge is 0.407 e. The predicted octanol–water partition coefficient (Wildman–Crippen LogP) is 4.12. The molecule has 10 nitrogen and oxygen atoms in total. The van der Waals surface area contributed by atoms with Crippen LogP contribution in [-0.4, -0.2) is 44.3 Å². The van der Waals surface area contributed by atoms with Gasteiger partial charge in [-0.3, -0.25) is 9.20 Å². The number of rotatable bonds is 7. The largest absolute Gasteiger partial charge is 0.449 e. The first-order valence-electron chi connectivity index (χ1n) is 10.3. The van der Waals surface area contributed by atoms with Gasteiger partial charge in [-0.15, -0.1) is 0 Å². The summed E-state index contributed by atoms with van der Waals surface area (Å²) >= 11 is 0. The van der Waals surface area contributed by atoms with E-state index in [0.717, 1.165) is 5.56 Å². The average molecular weight is 488 g/mol. The van der Waals surface area contributed by atoms with Crippen molar-refractivity contribution >= 4 is 23.3 Å². The number of aryl methyl sites for hydroxylation is 1. The summed E-state index contributed by atoms with van der Waals surface area (Å²) in [6, 6.07) is 10.6. The number of benzene rings is 1. The lowest BCUT2D eigenvalue weighted by atomic mass is 10.1. The number of halogens is 3. The zero-order valence-electron chi connectivity index (χ0n) is 18.3. The molecule has 3 aromatic heterocycles. The quantitative estimate of drug-likeness (QED) is 0.401. The van der Waals surface area contributed by atoms with Crippen LogP contribution in [0.3, 0.4) is 0 Å². The molecule has 0 spiro atoms. The number of aromatic nitrogens is 4. The van der Waals surface area contributed by atoms with Crippen molar-refractivity contribution in [3.63, 3.8) is 0 Å². The predicted molar refractivity (Wildman–Crippen MR) is 116 cm³/mol. The van der Waals surface area contributed by atoms with Crippen LogP contribution >= 0.6 is 0 Å². The molecule has 2 amide bonds. The van der Waals surface area contributed by atoms with Crippen LogP contribution in [0.2, 0.25) is 0 Å². The number of hydrogen-bond acceptors (Lipinski definition) is 7. The molecule has 0 saturated carbocycles. The van der Waals surface area contributed by atoms with E-state index in [9.17, 15) is 22.8 Å². The molecule has 0 atom stereocenters. The minimum Gasteiger partial charge on any atom is -0.449 e. The van der Waals surface area contributed by atoms with Gasteiger partial charge in [0, 0.05) is 17.4 Å². The van der Waals surface area contributed by atoms with Crippen LogP contribution in [0, 0.1) is 6.92 Å². The van der Waals surface area contributed by atoms with Gasteiger partial charge in [0.1, 0.15) is 24.5 Å². The van der Waals surface area contributed by atoms with Crippen molar-refractivity contribution in [2.75, 3.05) is 11.9 Å². The highest BCUT2D eigenvalue weighted by Crippen LogP contribution is 2.24. The molecule has 0 aliphatic rings. The Labute approximate surface area is 196 Å². The lowest BCUT2D eigenvalue weighted by Gasteiger charge is -2.09. The molecular weight excluding hydrogens is 469 g/mol. The van der Waals surface area contributed by atoms with Gasteiger partial charge in [0.15, 0.2) is 0 Å². The van der Waals surface area contributed by atoms with Crippen LogP contribution in [-0.2, 0) is 11.3 Å². The number of hydrogen-bond donors (Lipinski definition) is 2. The third kappa shape index (κ3) is 5.93. The molecule has 0 aliphatic carbocycles. The van der Waals surface area contributed by atoms with Gasteiger partial charge in [-0.25, -0.2) is 9.78 Å². The number of amides is 2. The summed E-state index contributed by atoms with van der Waals surface area (Å²) in [5.74, 6) is -0.145. The summed E-state index contributed by atoms with van der Waals surface area (Å²) in [5, 5.41) is 8.93. The second kappa shape index (κ2) is 9.83. The van der Waals surface area contributed by atoms with Gasteiger partial charge in [-0.05, 0) is 30.7 Å². The first-order chi connectivity index (χ1) is 16.7. The molecule has 182 valence electrons. The Morgan fingerprint density at radius 3 is 2.83 bits per heavy atom. The topological polar surface area (TPSA) is 124 Å². The number of pyridine rings is 1. The molecule has 0 fully saturated rings. The van der Waals surface area contributed by atoms with E-state index in [-0.39, 0.29) is 24.2 Å². The van der Waals surface area contributed by atoms with Crippen molar-refractivity contribution < 1.29 is 32.0 Å². The normalized spacial score (nSPS) is 11.4. The molecule has 0 saturated heterocycles. The van der Waals surface area contributed by atoms with E-state index in [0.29, 0.717) is 22.6 Å². The maximum absolute atomic E-state index is 12.8. The maximum Gasteiger partial charge on any atom is 0.407 e. The van der Waals surface area contributed by atoms with Crippen molar-refractivity contribution in [1.82, 2.24) is 24.8 Å². The van der Waals surface area contributed by atoms with Crippen LogP contribution in [0.15, 0.2) is 53.3 Å². The molecule has 4 aromatic rings. The molecule has 0 radical (unpaired) electrons. The zero-order chi connectivity index (χ0) is 25.0. The van der Waals surface area contributed by atoms with E-state index in [1.165, 1.54) is 6.20 Å². The minimum absolute atomic E-state index is 0.0182. The lowest BCUT2D eigenvalue weighted by molar-refractivity contribution is -0.141. The van der Waals surface area contributed by atoms with E-state index in [2.05, 4.69) is 30.5 Å². The molecule has 0 aliphatic heterocycles. The van der Waals surface area contributed by atoms with Gasteiger partial charge >= 0.3 is 12.3 Å². The van der Waals surface area contributed by atoms with Crippen molar-refractivity contribution in [3.8, 4) is 11.4 Å². The zero-order valence-corrected chi connectivity index (χ0v) is 18.3. The third-order valence-electron chi connectivity index (χ3n) is 4.86. The van der Waals surface area contributed by atoms with Gasteiger partial charge < -0.3 is 19.9 Å². The summed E-state index contributed by atoms with van der Waals surface area (Å²) < 4.78 is 47.5. The number of carbonyl (C=O) groups is 2. The average Bonchev–Trinajstić information content (AvgIpc) is 3.45. The van der Waals surface area contributed by atoms with Gasteiger partial charge in [0.25, 0.3) is 5.91 Å². The Hall–Kier alpha value is -4.42. The van der Waals surface area contributed by atoms with Crippen LogP contribution in [0.4, 0.5) is 23.7 Å². The monoisotopic (exact) mass is 488 g/mol. The fraction of sp³-hybridized carbons (Fsp3) is 0.227. The van der Waals surface area contributed by atoms with Crippen LogP contribution < -0.4 is 10.6 Å². The highest BCUT2D eigenvalue weighted by atomic mass is 19.4. The highest BCUT2D eigenvalue weighted by molar-refractivity contribution is 6.04. The first-order valence-corrected chi connectivity index (χ1v) is 10.3. The molecule has 0 unspecified atom stereocenters. The number of ether oxygens (including phenoxy) is 1. The molecule has 0 bridgehead atoms. The van der Waals surface area contributed by atoms with Gasteiger partial charge in [0.05, 0.1) is 12.6 Å². The van der Waals surface area contributed by atoms with Crippen molar-refractivity contribution in [1.29, 1.82) is 0 Å². The highest BCUT2D eigenvalue weighted by Gasteiger charge is 2.27. The van der Waals surface area contributed by atoms with Crippen molar-refractivity contribution in [2.45, 2.75) is 26.1 Å². The molecule has 13 heteroatoms. The molecule has 2 N–H and O–H groups in total. The van der Waals surface area contributed by atoms with Crippen LogP contribution in [0.5, 0.6) is 0 Å². The maximum atomic E-state index is 12.8. The number of carbonyl (C=O) groups excluding carboxylic acids is 2. The second-order valence-electron chi connectivity index (χ2n) is 7.42. The van der Waals surface area contributed by atoms with E-state index >= 15 is 0 Å². The summed E-state index contributed by atoms with van der Waals surface area (Å²) in [6.07, 6.45) is -3.48. The molecule has 3 heterocycles. The number of alkyl halides is 3. The van der Waals surface area contributed by atoms with Crippen molar-refractivity contribution in [3.05, 3.63) is 65.9 Å². The number of nitrogens with zero attached hydrogens (tertiary/aromatic N) is 4. The minimum atomic E-state index is -4.42. The van der Waals surface area contributed by atoms with Crippen LogP contribution in [0.25, 0.3) is 17.0 Å². The van der Waals surface area contributed by atoms with Gasteiger partial charge in [-0.2, -0.15) is 18.2 Å². The number of fused-ring (bicyclic) bond motifs is 1. The van der Waals surface area contributed by atoms with E-state index in [1.54, 1.807) is 40.9 Å². The fourth-order valence-electron chi connectivity index (χ4n) is 3.08. The van der Waals surface area contributed by atoms with Gasteiger partial charge in [-0.1, -0.05) is 23.4 Å². The molecule has 1 aromatic carbocycles. The second-order valence-corrected chi connectivity index (χ2v) is 7.42. The van der Waals surface area contributed by atoms with Gasteiger partial charge in [0.2, 0.25) is 11.7 Å². The summed E-state index contributed by atoms with van der Waals surface area (Å²) in [7, 11) is 0. The molecular formula is C22H19F3N6O4. The third-order valence-corrected chi connectivity index (χ3v) is 4.86. The molecule has 35 heavy (non-hydrogen) atoms. The Kier molecular flexibility index (Phi) is 6.66. The number of alkyl carbamates (subject to hydrolysis) is 1. The SMILES string of the molecule is Cc1ccc(-c2noc(CNC(=O)OCCC(F)(F)F)n2)cc1NC(=O)c1cnc2ccccn12. The fourth-order valence-corrected chi connectivity index (χ4v) is 3.08.